The molecule has 1 unspecified atom stereocenters. The smallest absolute Gasteiger partial charge is 0.272 e. The van der Waals surface area contributed by atoms with Crippen LogP contribution in [0.2, 0.25) is 10.0 Å². The molecule has 5 aromatic carbocycles. The highest BCUT2D eigenvalue weighted by molar-refractivity contribution is 8.00. The van der Waals surface area contributed by atoms with Crippen molar-refractivity contribution in [2.75, 3.05) is 10.2 Å². The van der Waals surface area contributed by atoms with Gasteiger partial charge in [-0.3, -0.25) is 19.3 Å². The number of nitrogens with zero attached hydrogens (tertiary/aromatic N) is 1. The molecule has 47 heavy (non-hydrogen) atoms. The Morgan fingerprint density at radius 3 is 2.04 bits per heavy atom. The van der Waals surface area contributed by atoms with Crippen LogP contribution in [0.25, 0.3) is 6.08 Å². The average molecular weight is 697 g/mol. The number of anilines is 3. The number of halogens is 2. The molecule has 1 aliphatic heterocycles. The Labute approximate surface area is 291 Å². The summed E-state index contributed by atoms with van der Waals surface area (Å²) in [4.78, 5) is 45.1. The summed E-state index contributed by atoms with van der Waals surface area (Å²) in [6, 6.07) is 36.6. The molecule has 1 heterocycles. The van der Waals surface area contributed by atoms with E-state index in [4.69, 9.17) is 23.2 Å². The lowest BCUT2D eigenvalue weighted by atomic mass is 10.1. The van der Waals surface area contributed by atoms with Crippen LogP contribution < -0.4 is 15.5 Å². The summed E-state index contributed by atoms with van der Waals surface area (Å²) in [5.74, 6) is -1.03. The van der Waals surface area contributed by atoms with Gasteiger partial charge in [-0.2, -0.15) is 0 Å². The quantitative estimate of drug-likeness (QED) is 0.125. The Bertz CT molecular complexity index is 1960. The Hall–Kier alpha value is -4.47. The third-order valence-electron chi connectivity index (χ3n) is 7.24. The van der Waals surface area contributed by atoms with Crippen molar-refractivity contribution in [3.05, 3.63) is 148 Å². The molecule has 0 bridgehead atoms. The van der Waals surface area contributed by atoms with E-state index in [0.29, 0.717) is 21.8 Å². The van der Waals surface area contributed by atoms with E-state index in [1.807, 2.05) is 67.6 Å². The van der Waals surface area contributed by atoms with Gasteiger partial charge < -0.3 is 10.6 Å². The molecule has 1 atom stereocenters. The molecule has 0 spiro atoms. The third kappa shape index (κ3) is 7.42. The number of hydrogen-bond acceptors (Lipinski definition) is 5. The van der Waals surface area contributed by atoms with Crippen molar-refractivity contribution in [1.29, 1.82) is 0 Å². The molecule has 0 radical (unpaired) electrons. The highest BCUT2D eigenvalue weighted by Gasteiger charge is 2.31. The zero-order valence-electron chi connectivity index (χ0n) is 24.9. The van der Waals surface area contributed by atoms with Gasteiger partial charge >= 0.3 is 0 Å². The summed E-state index contributed by atoms with van der Waals surface area (Å²) in [5.41, 5.74) is 3.10. The Balaban J connectivity index is 1.18. The van der Waals surface area contributed by atoms with Gasteiger partial charge in [-0.1, -0.05) is 89.6 Å². The van der Waals surface area contributed by atoms with Gasteiger partial charge in [-0.05, 0) is 85.3 Å². The molecule has 2 N–H and O–H groups in total. The normalized spacial score (nSPS) is 12.8. The topological polar surface area (TPSA) is 78.5 Å². The lowest BCUT2D eigenvalue weighted by Crippen LogP contribution is -2.34. The van der Waals surface area contributed by atoms with Crippen LogP contribution >= 0.6 is 46.7 Å². The standard InChI is InChI=1S/C37H27Cl2N3O3S2/c1-23(37(45)42-30-14-5-7-16-32(30)47-33-17-8-6-15-31(33)42)46-27-20-18-26(19-21-27)40-36(44)29(22-25-12-9-13-28(38)34(25)39)41-35(43)24-10-3-2-4-11-24/h2-23H,1H3,(H,40,44)(H,41,43)/b29-22-. The van der Waals surface area contributed by atoms with Crippen molar-refractivity contribution in [1.82, 2.24) is 5.32 Å². The molecule has 0 fully saturated rings. The van der Waals surface area contributed by atoms with E-state index in [1.54, 1.807) is 77.3 Å². The Morgan fingerprint density at radius 2 is 1.38 bits per heavy atom. The summed E-state index contributed by atoms with van der Waals surface area (Å²) in [6.45, 7) is 1.89. The first kappa shape index (κ1) is 32.5. The number of fused-ring (bicyclic) bond motifs is 2. The molecule has 0 aromatic heterocycles. The summed E-state index contributed by atoms with van der Waals surface area (Å²) in [7, 11) is 0. The molecule has 3 amide bonds. The Morgan fingerprint density at radius 1 is 0.766 bits per heavy atom. The lowest BCUT2D eigenvalue weighted by Gasteiger charge is -2.32. The maximum Gasteiger partial charge on any atom is 0.272 e. The number of carbonyl (C=O) groups is 3. The van der Waals surface area contributed by atoms with Crippen molar-refractivity contribution < 1.29 is 14.4 Å². The van der Waals surface area contributed by atoms with Gasteiger partial charge in [0.1, 0.15) is 5.70 Å². The van der Waals surface area contributed by atoms with Crippen molar-refractivity contribution in [2.24, 2.45) is 0 Å². The van der Waals surface area contributed by atoms with Gasteiger partial charge in [0.15, 0.2) is 0 Å². The minimum Gasteiger partial charge on any atom is -0.321 e. The number of rotatable bonds is 8. The maximum atomic E-state index is 13.9. The molecular weight excluding hydrogens is 669 g/mol. The fraction of sp³-hybridized carbons (Fsp3) is 0.0541. The second kappa shape index (κ2) is 14.5. The number of nitrogens with one attached hydrogen (secondary N) is 2. The largest absolute Gasteiger partial charge is 0.321 e. The SMILES string of the molecule is CC(Sc1ccc(NC(=O)/C(=C/c2cccc(Cl)c2Cl)NC(=O)c2ccccc2)cc1)C(=O)N1c2ccccc2Sc2ccccc21. The highest BCUT2D eigenvalue weighted by atomic mass is 35.5. The van der Waals surface area contributed by atoms with Crippen LogP contribution in [-0.4, -0.2) is 23.0 Å². The average Bonchev–Trinajstić information content (AvgIpc) is 3.09. The van der Waals surface area contributed by atoms with Gasteiger partial charge in [-0.25, -0.2) is 0 Å². The Kier molecular flexibility index (Phi) is 10.0. The van der Waals surface area contributed by atoms with Gasteiger partial charge in [0.05, 0.1) is 26.7 Å². The summed E-state index contributed by atoms with van der Waals surface area (Å²) < 4.78 is 0. The van der Waals surface area contributed by atoms with Crippen LogP contribution in [0, 0.1) is 0 Å². The van der Waals surface area contributed by atoms with E-state index in [2.05, 4.69) is 10.6 Å². The van der Waals surface area contributed by atoms with Gasteiger partial charge in [0, 0.05) is 25.9 Å². The van der Waals surface area contributed by atoms with Gasteiger partial charge in [0.2, 0.25) is 5.91 Å². The maximum absolute atomic E-state index is 13.9. The number of para-hydroxylation sites is 2. The molecule has 0 saturated heterocycles. The van der Waals surface area contributed by atoms with E-state index in [-0.39, 0.29) is 16.6 Å². The van der Waals surface area contributed by atoms with E-state index < -0.39 is 17.1 Å². The molecule has 0 aliphatic carbocycles. The second-order valence-corrected chi connectivity index (χ2v) is 13.8. The van der Waals surface area contributed by atoms with Crippen LogP contribution in [0.5, 0.6) is 0 Å². The molecule has 10 heteroatoms. The number of amides is 3. The first-order valence-corrected chi connectivity index (χ1v) is 17.0. The zero-order chi connectivity index (χ0) is 32.9. The third-order valence-corrected chi connectivity index (χ3v) is 10.3. The monoisotopic (exact) mass is 695 g/mol. The van der Waals surface area contributed by atoms with Crippen LogP contribution in [-0.2, 0) is 9.59 Å². The minimum atomic E-state index is -0.547. The van der Waals surface area contributed by atoms with Crippen LogP contribution in [0.1, 0.15) is 22.8 Å². The van der Waals surface area contributed by atoms with Crippen molar-refractivity contribution in [2.45, 2.75) is 26.9 Å². The first-order chi connectivity index (χ1) is 22.8. The second-order valence-electron chi connectivity index (χ2n) is 10.5. The van der Waals surface area contributed by atoms with E-state index in [0.717, 1.165) is 26.1 Å². The van der Waals surface area contributed by atoms with E-state index in [9.17, 15) is 14.4 Å². The predicted octanol–water partition coefficient (Wildman–Crippen LogP) is 9.71. The lowest BCUT2D eigenvalue weighted by molar-refractivity contribution is -0.117. The van der Waals surface area contributed by atoms with Crippen molar-refractivity contribution >= 4 is 87.6 Å². The van der Waals surface area contributed by atoms with E-state index >= 15 is 0 Å². The molecule has 5 aromatic rings. The molecule has 0 saturated carbocycles. The summed E-state index contributed by atoms with van der Waals surface area (Å²) >= 11 is 15.7. The van der Waals surface area contributed by atoms with Crippen molar-refractivity contribution in [3.8, 4) is 0 Å². The van der Waals surface area contributed by atoms with Gasteiger partial charge in [-0.15, -0.1) is 11.8 Å². The molecular formula is C37H27Cl2N3O3S2. The number of hydrogen-bond donors (Lipinski definition) is 2. The zero-order valence-corrected chi connectivity index (χ0v) is 28.1. The van der Waals surface area contributed by atoms with E-state index in [1.165, 1.54) is 17.8 Å². The minimum absolute atomic E-state index is 0.0130. The van der Waals surface area contributed by atoms with Crippen molar-refractivity contribution in [3.63, 3.8) is 0 Å². The molecule has 6 rings (SSSR count). The fourth-order valence-electron chi connectivity index (χ4n) is 4.92. The number of benzene rings is 5. The first-order valence-electron chi connectivity index (χ1n) is 14.6. The van der Waals surface area contributed by atoms with Crippen LogP contribution in [0.3, 0.4) is 0 Å². The van der Waals surface area contributed by atoms with Crippen LogP contribution in [0.4, 0.5) is 17.1 Å². The molecule has 6 nitrogen and oxygen atoms in total. The number of carbonyl (C=O) groups excluding carboxylic acids is 3. The highest BCUT2D eigenvalue weighted by Crippen LogP contribution is 2.48. The summed E-state index contributed by atoms with van der Waals surface area (Å²) in [5, 5.41) is 5.73. The number of thioether (sulfide) groups is 1. The van der Waals surface area contributed by atoms with Crippen LogP contribution in [0.15, 0.2) is 142 Å². The fourth-order valence-corrected chi connectivity index (χ4v) is 7.25. The predicted molar refractivity (Wildman–Crippen MR) is 193 cm³/mol. The summed E-state index contributed by atoms with van der Waals surface area (Å²) in [6.07, 6.45) is 1.48. The van der Waals surface area contributed by atoms with Gasteiger partial charge in [0.25, 0.3) is 11.8 Å². The molecule has 234 valence electrons. The molecule has 1 aliphatic rings.